The van der Waals surface area contributed by atoms with Gasteiger partial charge in [-0.2, -0.15) is 0 Å². The number of carbonyl (C=O) groups is 2. The van der Waals surface area contributed by atoms with E-state index in [2.05, 4.69) is 5.32 Å². The van der Waals surface area contributed by atoms with E-state index in [0.717, 1.165) is 11.3 Å². The molecule has 0 saturated carbocycles. The number of hydrogen-bond acceptors (Lipinski definition) is 4. The van der Waals surface area contributed by atoms with Crippen molar-refractivity contribution in [3.05, 3.63) is 29.3 Å². The van der Waals surface area contributed by atoms with Crippen LogP contribution in [-0.4, -0.2) is 62.4 Å². The highest BCUT2D eigenvalue weighted by Crippen LogP contribution is 2.26. The van der Waals surface area contributed by atoms with Gasteiger partial charge in [0.15, 0.2) is 9.84 Å². The molecule has 8 heteroatoms. The number of benzene rings is 1. The molecule has 1 N–H and O–H groups in total. The Kier molecular flexibility index (Phi) is 4.73. The average molecular weight is 365 g/mol. The van der Waals surface area contributed by atoms with E-state index in [4.69, 9.17) is 0 Å². The van der Waals surface area contributed by atoms with Crippen LogP contribution in [0.25, 0.3) is 0 Å². The van der Waals surface area contributed by atoms with Crippen molar-refractivity contribution in [2.45, 2.75) is 26.3 Å². The third-order valence-electron chi connectivity index (χ3n) is 4.85. The fourth-order valence-corrected chi connectivity index (χ4v) is 5.22. The smallest absolute Gasteiger partial charge is 0.322 e. The van der Waals surface area contributed by atoms with Crippen LogP contribution in [0.4, 0.5) is 10.5 Å². The van der Waals surface area contributed by atoms with Gasteiger partial charge >= 0.3 is 6.03 Å². The highest BCUT2D eigenvalue weighted by Gasteiger charge is 2.34. The molecular weight excluding hydrogens is 342 g/mol. The lowest BCUT2D eigenvalue weighted by atomic mass is 10.1. The molecule has 0 spiro atoms. The van der Waals surface area contributed by atoms with Crippen LogP contribution in [0, 0.1) is 6.92 Å². The van der Waals surface area contributed by atoms with E-state index < -0.39 is 9.84 Å². The van der Waals surface area contributed by atoms with E-state index in [9.17, 15) is 18.0 Å². The van der Waals surface area contributed by atoms with Crippen LogP contribution in [0.15, 0.2) is 18.2 Å². The van der Waals surface area contributed by atoms with Crippen molar-refractivity contribution in [3.63, 3.8) is 0 Å². The number of urea groups is 1. The van der Waals surface area contributed by atoms with Gasteiger partial charge in [0.05, 0.1) is 11.5 Å². The van der Waals surface area contributed by atoms with Crippen LogP contribution < -0.4 is 10.2 Å². The van der Waals surface area contributed by atoms with Crippen molar-refractivity contribution >= 4 is 27.5 Å². The van der Waals surface area contributed by atoms with Crippen molar-refractivity contribution in [1.82, 2.24) is 10.2 Å². The van der Waals surface area contributed by atoms with Gasteiger partial charge in [-0.15, -0.1) is 0 Å². The van der Waals surface area contributed by atoms with Crippen molar-refractivity contribution < 1.29 is 18.0 Å². The number of sulfone groups is 1. The predicted octanol–water partition coefficient (Wildman–Crippen LogP) is 1.17. The lowest BCUT2D eigenvalue weighted by Crippen LogP contribution is -2.41. The number of rotatable bonds is 4. The first-order valence-electron chi connectivity index (χ1n) is 8.50. The molecule has 1 atom stereocenters. The summed E-state index contributed by atoms with van der Waals surface area (Å²) in [5, 5.41) is 2.76. The molecule has 1 aromatic rings. The minimum Gasteiger partial charge on any atom is -0.336 e. The van der Waals surface area contributed by atoms with Gasteiger partial charge in [-0.3, -0.25) is 9.69 Å². The van der Waals surface area contributed by atoms with Gasteiger partial charge < -0.3 is 10.2 Å². The van der Waals surface area contributed by atoms with Crippen LogP contribution in [0.1, 0.15) is 29.3 Å². The van der Waals surface area contributed by atoms with Crippen LogP contribution in [0.3, 0.4) is 0 Å². The van der Waals surface area contributed by atoms with Gasteiger partial charge in [-0.25, -0.2) is 13.2 Å². The summed E-state index contributed by atoms with van der Waals surface area (Å²) in [7, 11) is -3.06. The fourth-order valence-electron chi connectivity index (χ4n) is 3.49. The van der Waals surface area contributed by atoms with Crippen LogP contribution in [-0.2, 0) is 9.84 Å². The van der Waals surface area contributed by atoms with Gasteiger partial charge in [-0.1, -0.05) is 6.07 Å². The van der Waals surface area contributed by atoms with E-state index in [1.165, 1.54) is 0 Å². The van der Waals surface area contributed by atoms with Gasteiger partial charge in [0.25, 0.3) is 5.91 Å². The van der Waals surface area contributed by atoms with Crippen LogP contribution >= 0.6 is 0 Å². The maximum Gasteiger partial charge on any atom is 0.322 e. The summed E-state index contributed by atoms with van der Waals surface area (Å²) >= 11 is 0. The van der Waals surface area contributed by atoms with Gasteiger partial charge in [-0.05, 0) is 38.0 Å². The maximum atomic E-state index is 12.9. The first-order valence-corrected chi connectivity index (χ1v) is 10.3. The Bertz CT molecular complexity index is 806. The molecule has 1 aromatic carbocycles. The molecule has 0 aliphatic carbocycles. The molecule has 3 amide bonds. The highest BCUT2D eigenvalue weighted by atomic mass is 32.2. The molecule has 0 bridgehead atoms. The zero-order valence-corrected chi connectivity index (χ0v) is 15.3. The average Bonchev–Trinajstić information content (AvgIpc) is 3.14. The normalized spacial score (nSPS) is 22.1. The monoisotopic (exact) mass is 365 g/mol. The Morgan fingerprint density at radius 1 is 1.40 bits per heavy atom. The molecular formula is C17H23N3O4S. The minimum absolute atomic E-state index is 0.0276. The molecule has 0 radical (unpaired) electrons. The Hall–Kier alpha value is -2.09. The Balaban J connectivity index is 1.87. The van der Waals surface area contributed by atoms with Crippen LogP contribution in [0.5, 0.6) is 0 Å². The standard InChI is InChI=1S/C17H23N3O4S/c1-3-19(14-6-9-25(23,24)11-14)16(21)13-5-4-12(2)15(10-13)20-8-7-18-17(20)22/h4-5,10,14H,3,6-9,11H2,1-2H3,(H,18,22)/t14-/m0/s1. The molecule has 2 aliphatic heterocycles. The Morgan fingerprint density at radius 3 is 2.72 bits per heavy atom. The van der Waals surface area contributed by atoms with Crippen molar-refractivity contribution in [2.75, 3.05) is 36.0 Å². The van der Waals surface area contributed by atoms with E-state index in [1.54, 1.807) is 21.9 Å². The first kappa shape index (κ1) is 17.7. The summed E-state index contributed by atoms with van der Waals surface area (Å²) < 4.78 is 23.5. The van der Waals surface area contributed by atoms with E-state index in [0.29, 0.717) is 31.6 Å². The van der Waals surface area contributed by atoms with Crippen molar-refractivity contribution in [1.29, 1.82) is 0 Å². The summed E-state index contributed by atoms with van der Waals surface area (Å²) in [4.78, 5) is 28.1. The third-order valence-corrected chi connectivity index (χ3v) is 6.60. The Morgan fingerprint density at radius 2 is 2.16 bits per heavy atom. The maximum absolute atomic E-state index is 12.9. The molecule has 136 valence electrons. The summed E-state index contributed by atoms with van der Waals surface area (Å²) in [6, 6.07) is 4.85. The largest absolute Gasteiger partial charge is 0.336 e. The molecule has 2 saturated heterocycles. The molecule has 0 aromatic heterocycles. The lowest BCUT2D eigenvalue weighted by molar-refractivity contribution is 0.0708. The number of aryl methyl sites for hydroxylation is 1. The van der Waals surface area contributed by atoms with Crippen LogP contribution in [0.2, 0.25) is 0 Å². The van der Waals surface area contributed by atoms with E-state index in [1.807, 2.05) is 19.9 Å². The predicted molar refractivity (Wildman–Crippen MR) is 95.7 cm³/mol. The second kappa shape index (κ2) is 6.67. The second-order valence-electron chi connectivity index (χ2n) is 6.53. The molecule has 25 heavy (non-hydrogen) atoms. The summed E-state index contributed by atoms with van der Waals surface area (Å²) in [6.45, 7) is 5.35. The molecule has 2 fully saturated rings. The third kappa shape index (κ3) is 3.49. The Labute approximate surface area is 147 Å². The first-order chi connectivity index (χ1) is 11.8. The summed E-state index contributed by atoms with van der Waals surface area (Å²) in [6.07, 6.45) is 0.481. The molecule has 2 heterocycles. The van der Waals surface area contributed by atoms with E-state index in [-0.39, 0.29) is 29.5 Å². The van der Waals surface area contributed by atoms with Gasteiger partial charge in [0, 0.05) is 36.9 Å². The lowest BCUT2D eigenvalue weighted by Gasteiger charge is -2.27. The SMILES string of the molecule is CCN(C(=O)c1ccc(C)c(N2CCNC2=O)c1)[C@H]1CCS(=O)(=O)C1. The topological polar surface area (TPSA) is 86.8 Å². The zero-order valence-electron chi connectivity index (χ0n) is 14.5. The summed E-state index contributed by atoms with van der Waals surface area (Å²) in [5.41, 5.74) is 2.11. The van der Waals surface area contributed by atoms with Crippen molar-refractivity contribution in [3.8, 4) is 0 Å². The molecule has 3 rings (SSSR count). The molecule has 7 nitrogen and oxygen atoms in total. The number of nitrogens with one attached hydrogen (secondary N) is 1. The number of amides is 3. The molecule has 0 unspecified atom stereocenters. The quantitative estimate of drug-likeness (QED) is 0.868. The van der Waals surface area contributed by atoms with Gasteiger partial charge in [0.2, 0.25) is 0 Å². The zero-order chi connectivity index (χ0) is 18.2. The number of hydrogen-bond donors (Lipinski definition) is 1. The number of anilines is 1. The van der Waals surface area contributed by atoms with Gasteiger partial charge in [0.1, 0.15) is 0 Å². The number of carbonyl (C=O) groups excluding carboxylic acids is 2. The fraction of sp³-hybridized carbons (Fsp3) is 0.529. The minimum atomic E-state index is -3.06. The van der Waals surface area contributed by atoms with Crippen molar-refractivity contribution in [2.24, 2.45) is 0 Å². The highest BCUT2D eigenvalue weighted by molar-refractivity contribution is 7.91. The number of nitrogens with zero attached hydrogens (tertiary/aromatic N) is 2. The summed E-state index contributed by atoms with van der Waals surface area (Å²) in [5.74, 6) is -0.0283. The molecule has 2 aliphatic rings. The second-order valence-corrected chi connectivity index (χ2v) is 8.76. The van der Waals surface area contributed by atoms with E-state index >= 15 is 0 Å².